The zero-order chi connectivity index (χ0) is 16.6. The number of halogens is 11. The van der Waals surface area contributed by atoms with Gasteiger partial charge >= 0.3 is 29.9 Å². The highest BCUT2D eigenvalue weighted by Crippen LogP contribution is 2.59. The molecule has 121 valence electrons. The molecule has 0 aliphatic rings. The summed E-state index contributed by atoms with van der Waals surface area (Å²) < 4.78 is 136. The van der Waals surface area contributed by atoms with Crippen LogP contribution in [-0.2, 0) is 0 Å². The van der Waals surface area contributed by atoms with Gasteiger partial charge in [0.1, 0.15) is 0 Å². The van der Waals surface area contributed by atoms with Gasteiger partial charge in [-0.2, -0.15) is 43.9 Å². The van der Waals surface area contributed by atoms with Gasteiger partial charge in [-0.15, -0.1) is 0 Å². The summed E-state index contributed by atoms with van der Waals surface area (Å²) in [6.07, 6.45) is -17.1. The molecule has 0 aromatic carbocycles. The Balaban J connectivity index is 5.94. The second-order valence-corrected chi connectivity index (χ2v) is 3.61. The maximum atomic E-state index is 12.9. The molecule has 0 saturated carbocycles. The fraction of sp³-hybridized carbons (Fsp3) is 0.875. The first-order valence-electron chi connectivity index (χ1n) is 4.57. The third-order valence-electron chi connectivity index (χ3n) is 2.20. The second kappa shape index (κ2) is 5.19. The van der Waals surface area contributed by atoms with Gasteiger partial charge < -0.3 is 5.11 Å². The van der Waals surface area contributed by atoms with Crippen molar-refractivity contribution in [3.05, 3.63) is 6.42 Å². The molecule has 0 rings (SSSR count). The lowest BCUT2D eigenvalue weighted by atomic mass is 9.89. The zero-order valence-corrected chi connectivity index (χ0v) is 9.10. The number of rotatable bonds is 5. The van der Waals surface area contributed by atoms with E-state index in [4.69, 9.17) is 5.11 Å². The molecule has 0 aliphatic heterocycles. The van der Waals surface area contributed by atoms with Gasteiger partial charge in [-0.25, -0.2) is 4.39 Å². The first-order chi connectivity index (χ1) is 8.56. The van der Waals surface area contributed by atoms with Crippen LogP contribution in [0.25, 0.3) is 0 Å². The average Bonchev–Trinajstić information content (AvgIpc) is 2.21. The van der Waals surface area contributed by atoms with Crippen LogP contribution < -0.4 is 0 Å². The van der Waals surface area contributed by atoms with Crippen molar-refractivity contribution >= 4 is 0 Å². The fourth-order valence-electron chi connectivity index (χ4n) is 1.14. The normalized spacial score (nSPS) is 15.6. The molecular formula is C8H6F11O. The third kappa shape index (κ3) is 2.79. The van der Waals surface area contributed by atoms with Crippen LogP contribution in [0.3, 0.4) is 0 Å². The van der Waals surface area contributed by atoms with E-state index in [9.17, 15) is 48.3 Å². The topological polar surface area (TPSA) is 20.2 Å². The van der Waals surface area contributed by atoms with Gasteiger partial charge in [0.05, 0.1) is 0 Å². The molecule has 20 heavy (non-hydrogen) atoms. The van der Waals surface area contributed by atoms with Gasteiger partial charge in [0.15, 0.2) is 0 Å². The van der Waals surface area contributed by atoms with Crippen LogP contribution in [0.4, 0.5) is 48.3 Å². The second-order valence-electron chi connectivity index (χ2n) is 3.61. The molecule has 0 heterocycles. The van der Waals surface area contributed by atoms with Crippen LogP contribution in [0.15, 0.2) is 0 Å². The van der Waals surface area contributed by atoms with E-state index in [0.29, 0.717) is 0 Å². The van der Waals surface area contributed by atoms with Crippen LogP contribution in [-0.4, -0.2) is 41.6 Å². The fourth-order valence-corrected chi connectivity index (χ4v) is 1.14. The lowest BCUT2D eigenvalue weighted by molar-refractivity contribution is -0.426. The lowest BCUT2D eigenvalue weighted by Gasteiger charge is -2.39. The minimum Gasteiger partial charge on any atom is -0.396 e. The molecule has 0 spiro atoms. The minimum absolute atomic E-state index is 0.124. The summed E-state index contributed by atoms with van der Waals surface area (Å²) in [6.45, 7) is -1.33. The van der Waals surface area contributed by atoms with Gasteiger partial charge in [0, 0.05) is 13.0 Å². The van der Waals surface area contributed by atoms with Crippen molar-refractivity contribution in [3.8, 4) is 0 Å². The van der Waals surface area contributed by atoms with Crippen molar-refractivity contribution in [2.75, 3.05) is 6.61 Å². The first kappa shape index (κ1) is 19.2. The van der Waals surface area contributed by atoms with Crippen molar-refractivity contribution in [3.63, 3.8) is 0 Å². The molecule has 0 bridgehead atoms. The van der Waals surface area contributed by atoms with E-state index >= 15 is 0 Å². The average molecular weight is 327 g/mol. The largest absolute Gasteiger partial charge is 0.438 e. The Bertz CT molecular complexity index is 314. The lowest BCUT2D eigenvalue weighted by Crippen LogP contribution is -2.70. The number of alkyl halides is 11. The molecule has 1 radical (unpaired) electrons. The van der Waals surface area contributed by atoms with E-state index < -0.39 is 42.9 Å². The smallest absolute Gasteiger partial charge is 0.396 e. The summed E-state index contributed by atoms with van der Waals surface area (Å²) in [7, 11) is 0. The Morgan fingerprint density at radius 1 is 0.700 bits per heavy atom. The number of hydrogen-bond donors (Lipinski definition) is 1. The van der Waals surface area contributed by atoms with Crippen LogP contribution >= 0.6 is 0 Å². The molecule has 12 heteroatoms. The number of aliphatic hydroxyl groups is 1. The number of hydrogen-bond acceptors (Lipinski definition) is 1. The molecule has 0 fully saturated rings. The van der Waals surface area contributed by atoms with Crippen molar-refractivity contribution in [2.45, 2.75) is 36.3 Å². The first-order valence-corrected chi connectivity index (χ1v) is 4.57. The van der Waals surface area contributed by atoms with E-state index in [1.807, 2.05) is 0 Å². The molecule has 1 N–H and O–H groups in total. The molecule has 0 aromatic heterocycles. The van der Waals surface area contributed by atoms with E-state index in [-0.39, 0.29) is 6.42 Å². The Hall–Kier alpha value is -0.810. The van der Waals surface area contributed by atoms with Crippen molar-refractivity contribution < 1.29 is 53.4 Å². The minimum atomic E-state index is -7.43. The summed E-state index contributed by atoms with van der Waals surface area (Å²) in [5.74, 6) is -13.1. The Morgan fingerprint density at radius 3 is 1.30 bits per heavy atom. The SMILES string of the molecule is OC[CH]CC(F)(F)C(F)(F)C(F)(C(F)(F)F)C(F)(F)F. The third-order valence-corrected chi connectivity index (χ3v) is 2.20. The van der Waals surface area contributed by atoms with Crippen molar-refractivity contribution in [1.29, 1.82) is 0 Å². The molecule has 0 saturated heterocycles. The molecule has 1 nitrogen and oxygen atoms in total. The van der Waals surface area contributed by atoms with Gasteiger partial charge in [-0.3, -0.25) is 0 Å². The summed E-state index contributed by atoms with van der Waals surface area (Å²) in [5.41, 5.74) is -7.43. The summed E-state index contributed by atoms with van der Waals surface area (Å²) in [5, 5.41) is 8.05. The summed E-state index contributed by atoms with van der Waals surface area (Å²) >= 11 is 0. The molecule has 0 aromatic rings. The Labute approximate surface area is 104 Å². The predicted octanol–water partition coefficient (Wildman–Crippen LogP) is 3.68. The highest BCUT2D eigenvalue weighted by molar-refractivity contribution is 5.11. The number of aliphatic hydroxyl groups excluding tert-OH is 1. The van der Waals surface area contributed by atoms with E-state index in [1.54, 1.807) is 0 Å². The van der Waals surface area contributed by atoms with E-state index in [0.717, 1.165) is 0 Å². The van der Waals surface area contributed by atoms with Crippen LogP contribution in [0.1, 0.15) is 6.42 Å². The van der Waals surface area contributed by atoms with Crippen LogP contribution in [0, 0.1) is 6.42 Å². The summed E-state index contributed by atoms with van der Waals surface area (Å²) in [4.78, 5) is 0. The van der Waals surface area contributed by atoms with Gasteiger partial charge in [0.2, 0.25) is 0 Å². The van der Waals surface area contributed by atoms with Gasteiger partial charge in [-0.05, 0) is 6.42 Å². The highest BCUT2D eigenvalue weighted by Gasteiger charge is 2.89. The standard InChI is InChI=1S/C8H6F11O/c9-4(10,2-1-3-20)6(12,13)5(11,7(14,15)16)8(17,18)19/h1,20H,2-3H2. The van der Waals surface area contributed by atoms with Crippen molar-refractivity contribution in [1.82, 2.24) is 0 Å². The van der Waals surface area contributed by atoms with Crippen LogP contribution in [0.2, 0.25) is 0 Å². The highest BCUT2D eigenvalue weighted by atomic mass is 19.4. The molecular weight excluding hydrogens is 321 g/mol. The van der Waals surface area contributed by atoms with Gasteiger partial charge in [-0.1, -0.05) is 0 Å². The molecule has 0 aliphatic carbocycles. The summed E-state index contributed by atoms with van der Waals surface area (Å²) in [6, 6.07) is 0. The monoisotopic (exact) mass is 327 g/mol. The van der Waals surface area contributed by atoms with Crippen LogP contribution in [0.5, 0.6) is 0 Å². The maximum absolute atomic E-state index is 12.9. The Kier molecular flexibility index (Phi) is 4.98. The zero-order valence-electron chi connectivity index (χ0n) is 9.10. The maximum Gasteiger partial charge on any atom is 0.438 e. The molecule has 0 unspecified atom stereocenters. The van der Waals surface area contributed by atoms with Crippen molar-refractivity contribution in [2.24, 2.45) is 0 Å². The van der Waals surface area contributed by atoms with E-state index in [1.165, 1.54) is 0 Å². The predicted molar refractivity (Wildman–Crippen MR) is 41.8 cm³/mol. The molecule has 0 atom stereocenters. The van der Waals surface area contributed by atoms with Gasteiger partial charge in [0.25, 0.3) is 0 Å². The quantitative estimate of drug-likeness (QED) is 0.764. The Morgan fingerprint density at radius 2 is 1.05 bits per heavy atom. The van der Waals surface area contributed by atoms with E-state index in [2.05, 4.69) is 0 Å². The molecule has 0 amide bonds.